The molecule has 2 aromatic heterocycles. The van der Waals surface area contributed by atoms with Crippen LogP contribution in [0.1, 0.15) is 19.2 Å². The Morgan fingerprint density at radius 3 is 2.70 bits per heavy atom. The Kier molecular flexibility index (Phi) is 6.59. The van der Waals surface area contributed by atoms with Gasteiger partial charge in [-0.2, -0.15) is 0 Å². The molecule has 4 aromatic rings. The van der Waals surface area contributed by atoms with Crippen LogP contribution >= 0.6 is 11.3 Å². The number of carbonyl (C=O) groups excluding carboxylic acids is 1. The van der Waals surface area contributed by atoms with Crippen molar-refractivity contribution in [3.8, 4) is 10.6 Å². The molecule has 8 nitrogen and oxygen atoms in total. The van der Waals surface area contributed by atoms with E-state index in [9.17, 15) is 13.2 Å². The number of imidazole rings is 1. The normalized spacial score (nSPS) is 11.9. The van der Waals surface area contributed by atoms with Crippen molar-refractivity contribution in [3.63, 3.8) is 0 Å². The first-order valence-corrected chi connectivity index (χ1v) is 12.8. The van der Waals surface area contributed by atoms with E-state index in [4.69, 9.17) is 0 Å². The number of nitrogens with zero attached hydrogens (tertiary/aromatic N) is 4. The van der Waals surface area contributed by atoms with Crippen LogP contribution in [-0.2, 0) is 27.8 Å². The summed E-state index contributed by atoms with van der Waals surface area (Å²) < 4.78 is 28.1. The summed E-state index contributed by atoms with van der Waals surface area (Å²) in [7, 11) is -0.541. The first-order chi connectivity index (χ1) is 15.8. The van der Waals surface area contributed by atoms with Crippen molar-refractivity contribution in [2.45, 2.75) is 31.2 Å². The van der Waals surface area contributed by atoms with Crippen LogP contribution in [0.3, 0.4) is 0 Å². The molecule has 0 aliphatic carbocycles. The van der Waals surface area contributed by atoms with Gasteiger partial charge in [-0.25, -0.2) is 22.7 Å². The van der Waals surface area contributed by atoms with Crippen LogP contribution in [0, 0.1) is 0 Å². The highest BCUT2D eigenvalue weighted by atomic mass is 32.2. The molecule has 0 aliphatic heterocycles. The summed E-state index contributed by atoms with van der Waals surface area (Å²) in [6, 6.07) is 12.6. The Labute approximate surface area is 197 Å². The summed E-state index contributed by atoms with van der Waals surface area (Å²) in [6.45, 7) is 2.67. The number of fused-ring (bicyclic) bond motifs is 1. The quantitative estimate of drug-likeness (QED) is 0.409. The number of aromatic nitrogens is 3. The van der Waals surface area contributed by atoms with Gasteiger partial charge in [-0.1, -0.05) is 12.1 Å². The van der Waals surface area contributed by atoms with Crippen molar-refractivity contribution in [2.24, 2.45) is 0 Å². The van der Waals surface area contributed by atoms with E-state index in [2.05, 4.69) is 15.3 Å². The van der Waals surface area contributed by atoms with Crippen LogP contribution in [0.2, 0.25) is 0 Å². The minimum atomic E-state index is -3.54. The number of carbonyl (C=O) groups is 1. The lowest BCUT2D eigenvalue weighted by molar-refractivity contribution is -0.116. The summed E-state index contributed by atoms with van der Waals surface area (Å²) in [6.07, 6.45) is 2.45. The molecule has 0 radical (unpaired) electrons. The van der Waals surface area contributed by atoms with Crippen LogP contribution in [0.4, 0.5) is 5.69 Å². The van der Waals surface area contributed by atoms with Gasteiger partial charge in [0.15, 0.2) is 0 Å². The molecule has 0 saturated carbocycles. The molecule has 0 saturated heterocycles. The highest BCUT2D eigenvalue weighted by molar-refractivity contribution is 7.89. The maximum Gasteiger partial charge on any atom is 0.242 e. The van der Waals surface area contributed by atoms with Crippen molar-refractivity contribution >= 4 is 44.0 Å². The van der Waals surface area contributed by atoms with E-state index in [-0.39, 0.29) is 17.2 Å². The van der Waals surface area contributed by atoms with Crippen molar-refractivity contribution in [3.05, 3.63) is 59.9 Å². The molecule has 172 valence electrons. The average Bonchev–Trinajstić information content (AvgIpc) is 3.45. The van der Waals surface area contributed by atoms with Crippen LogP contribution in [0.5, 0.6) is 0 Å². The molecule has 1 N–H and O–H groups in total. The number of hydrogen-bond acceptors (Lipinski definition) is 6. The van der Waals surface area contributed by atoms with Gasteiger partial charge in [0, 0.05) is 56.3 Å². The molecule has 2 heterocycles. The smallest absolute Gasteiger partial charge is 0.242 e. The van der Waals surface area contributed by atoms with Crippen molar-refractivity contribution in [1.82, 2.24) is 18.8 Å². The maximum atomic E-state index is 12.6. The van der Waals surface area contributed by atoms with E-state index < -0.39 is 10.0 Å². The molecule has 0 aliphatic rings. The number of aryl methyl sites for hydroxylation is 2. The number of sulfonamides is 1. The van der Waals surface area contributed by atoms with Gasteiger partial charge in [0.05, 0.1) is 15.9 Å². The zero-order chi connectivity index (χ0) is 23.6. The lowest BCUT2D eigenvalue weighted by Gasteiger charge is -2.11. The van der Waals surface area contributed by atoms with E-state index in [1.807, 2.05) is 41.1 Å². The number of thiazole rings is 1. The van der Waals surface area contributed by atoms with Gasteiger partial charge in [0.1, 0.15) is 10.8 Å². The summed E-state index contributed by atoms with van der Waals surface area (Å²) in [5.74, 6) is 0.635. The number of benzene rings is 2. The van der Waals surface area contributed by atoms with Crippen LogP contribution in [0.15, 0.2) is 58.9 Å². The Morgan fingerprint density at radius 1 is 1.18 bits per heavy atom. The van der Waals surface area contributed by atoms with E-state index in [1.54, 1.807) is 35.7 Å². The molecule has 4 rings (SSSR count). The van der Waals surface area contributed by atoms with Crippen molar-refractivity contribution in [1.29, 1.82) is 0 Å². The van der Waals surface area contributed by atoms with E-state index in [0.29, 0.717) is 18.5 Å². The van der Waals surface area contributed by atoms with Gasteiger partial charge >= 0.3 is 0 Å². The topological polar surface area (TPSA) is 97.2 Å². The maximum absolute atomic E-state index is 12.6. The minimum Gasteiger partial charge on any atom is -0.328 e. The van der Waals surface area contributed by atoms with Gasteiger partial charge in [-0.05, 0) is 37.3 Å². The third-order valence-electron chi connectivity index (χ3n) is 5.29. The average molecular weight is 484 g/mol. The number of amides is 1. The fourth-order valence-electron chi connectivity index (χ4n) is 3.62. The van der Waals surface area contributed by atoms with Crippen LogP contribution in [-0.4, -0.2) is 47.3 Å². The van der Waals surface area contributed by atoms with Gasteiger partial charge in [-0.3, -0.25) is 4.79 Å². The monoisotopic (exact) mass is 483 g/mol. The minimum absolute atomic E-state index is 0.114. The summed E-state index contributed by atoms with van der Waals surface area (Å²) in [5.41, 5.74) is 3.13. The molecule has 33 heavy (non-hydrogen) atoms. The molecule has 1 amide bonds. The first kappa shape index (κ1) is 23.1. The first-order valence-electron chi connectivity index (χ1n) is 10.5. The van der Waals surface area contributed by atoms with E-state index >= 15 is 0 Å². The second-order valence-electron chi connectivity index (χ2n) is 7.68. The Hall–Kier alpha value is -3.08. The Bertz CT molecular complexity index is 1390. The number of anilines is 1. The van der Waals surface area contributed by atoms with Crippen LogP contribution < -0.4 is 5.32 Å². The number of nitrogens with one attached hydrogen (secondary N) is 1. The third-order valence-corrected chi connectivity index (χ3v) is 7.93. The van der Waals surface area contributed by atoms with E-state index in [1.165, 1.54) is 18.4 Å². The summed E-state index contributed by atoms with van der Waals surface area (Å²) in [4.78, 5) is 21.8. The largest absolute Gasteiger partial charge is 0.328 e. The third kappa shape index (κ3) is 4.82. The molecule has 0 bridgehead atoms. The number of rotatable bonds is 8. The predicted molar refractivity (Wildman–Crippen MR) is 131 cm³/mol. The fraction of sp³-hybridized carbons (Fsp3) is 0.261. The molecular formula is C23H25N5O3S2. The standard InChI is InChI=1S/C23H25N5O3S2/c1-4-28-20-9-8-18(33(30,31)27(2)3)15-19(20)26-21(28)10-11-22(29)25-17-7-5-6-16(14-17)23-24-12-13-32-23/h5-9,12-15H,4,10-11H2,1-3H3,(H,25,29). The molecule has 0 unspecified atom stereocenters. The second kappa shape index (κ2) is 9.42. The highest BCUT2D eigenvalue weighted by Gasteiger charge is 2.19. The van der Waals surface area contributed by atoms with Gasteiger partial charge in [0.25, 0.3) is 0 Å². The van der Waals surface area contributed by atoms with Crippen molar-refractivity contribution < 1.29 is 13.2 Å². The summed E-state index contributed by atoms with van der Waals surface area (Å²) >= 11 is 1.55. The fourth-order valence-corrected chi connectivity index (χ4v) is 5.18. The molecule has 0 spiro atoms. The van der Waals surface area contributed by atoms with E-state index in [0.717, 1.165) is 27.6 Å². The second-order valence-corrected chi connectivity index (χ2v) is 10.7. The van der Waals surface area contributed by atoms with Crippen LogP contribution in [0.25, 0.3) is 21.6 Å². The zero-order valence-electron chi connectivity index (χ0n) is 18.6. The lowest BCUT2D eigenvalue weighted by Crippen LogP contribution is -2.22. The number of hydrogen-bond donors (Lipinski definition) is 1. The SMILES string of the molecule is CCn1c(CCC(=O)Nc2cccc(-c3nccs3)c2)nc2cc(S(=O)(=O)N(C)C)ccc21. The molecule has 0 atom stereocenters. The van der Waals surface area contributed by atoms with Gasteiger partial charge in [-0.15, -0.1) is 11.3 Å². The van der Waals surface area contributed by atoms with Gasteiger partial charge < -0.3 is 9.88 Å². The molecular weight excluding hydrogens is 458 g/mol. The highest BCUT2D eigenvalue weighted by Crippen LogP contribution is 2.25. The van der Waals surface area contributed by atoms with Crippen molar-refractivity contribution in [2.75, 3.05) is 19.4 Å². The Balaban J connectivity index is 1.50. The predicted octanol–water partition coefficient (Wildman–Crippen LogP) is 4.00. The Morgan fingerprint density at radius 2 is 2.00 bits per heavy atom. The molecule has 10 heteroatoms. The van der Waals surface area contributed by atoms with Gasteiger partial charge in [0.2, 0.25) is 15.9 Å². The molecule has 0 fully saturated rings. The molecule has 2 aromatic carbocycles. The lowest BCUT2D eigenvalue weighted by atomic mass is 10.2. The zero-order valence-corrected chi connectivity index (χ0v) is 20.3. The summed E-state index contributed by atoms with van der Waals surface area (Å²) in [5, 5.41) is 5.76.